The van der Waals surface area contributed by atoms with Gasteiger partial charge in [0.05, 0.1) is 6.04 Å². The molecule has 0 radical (unpaired) electrons. The quantitative estimate of drug-likeness (QED) is 0.884. The molecule has 1 fully saturated rings. The summed E-state index contributed by atoms with van der Waals surface area (Å²) < 4.78 is 0. The molecule has 1 atom stereocenters. The van der Waals surface area contributed by atoms with Crippen LogP contribution in [0.15, 0.2) is 60.7 Å². The van der Waals surface area contributed by atoms with Gasteiger partial charge in [0.2, 0.25) is 5.91 Å². The zero-order chi connectivity index (χ0) is 16.6. The van der Waals surface area contributed by atoms with E-state index in [9.17, 15) is 4.79 Å². The Morgan fingerprint density at radius 3 is 2.25 bits per heavy atom. The van der Waals surface area contributed by atoms with E-state index in [4.69, 9.17) is 0 Å². The van der Waals surface area contributed by atoms with Crippen molar-refractivity contribution in [2.75, 3.05) is 13.1 Å². The van der Waals surface area contributed by atoms with E-state index in [1.807, 2.05) is 29.2 Å². The molecular formula is C21H26N2O. The maximum absolute atomic E-state index is 13.0. The summed E-state index contributed by atoms with van der Waals surface area (Å²) in [4.78, 5) is 15.0. The van der Waals surface area contributed by atoms with Gasteiger partial charge in [-0.25, -0.2) is 0 Å². The zero-order valence-corrected chi connectivity index (χ0v) is 14.2. The minimum Gasteiger partial charge on any atom is -0.337 e. The summed E-state index contributed by atoms with van der Waals surface area (Å²) in [6, 6.07) is 20.7. The Kier molecular flexibility index (Phi) is 6.02. The Morgan fingerprint density at radius 2 is 1.62 bits per heavy atom. The number of rotatable bonds is 6. The minimum absolute atomic E-state index is 0.0155. The lowest BCUT2D eigenvalue weighted by molar-refractivity contribution is -0.134. The Bertz CT molecular complexity index is 621. The first-order valence-corrected chi connectivity index (χ1v) is 8.93. The molecule has 0 spiro atoms. The Hall–Kier alpha value is -2.13. The molecule has 1 heterocycles. The van der Waals surface area contributed by atoms with E-state index in [0.717, 1.165) is 32.4 Å². The van der Waals surface area contributed by atoms with Crippen LogP contribution in [0.1, 0.15) is 30.4 Å². The van der Waals surface area contributed by atoms with Crippen LogP contribution < -0.4 is 5.32 Å². The standard InChI is InChI=1S/C21H26N2O/c24-21(20-13-7-8-15-22-20)23(17-19-11-5-2-6-12-19)16-14-18-9-3-1-4-10-18/h1-6,9-12,20,22H,7-8,13-17H2. The third kappa shape index (κ3) is 4.68. The van der Waals surface area contributed by atoms with Crippen molar-refractivity contribution in [2.24, 2.45) is 0 Å². The van der Waals surface area contributed by atoms with Crippen molar-refractivity contribution in [3.63, 3.8) is 0 Å². The smallest absolute Gasteiger partial charge is 0.240 e. The second-order valence-corrected chi connectivity index (χ2v) is 6.48. The highest BCUT2D eigenvalue weighted by Crippen LogP contribution is 2.14. The summed E-state index contributed by atoms with van der Waals surface area (Å²) in [7, 11) is 0. The molecular weight excluding hydrogens is 296 g/mol. The fourth-order valence-electron chi connectivity index (χ4n) is 3.26. The third-order valence-electron chi connectivity index (χ3n) is 4.65. The Balaban J connectivity index is 1.68. The molecule has 2 aromatic carbocycles. The van der Waals surface area contributed by atoms with E-state index in [2.05, 4.69) is 41.7 Å². The molecule has 0 saturated carbocycles. The predicted octanol–water partition coefficient (Wildman–Crippen LogP) is 3.40. The van der Waals surface area contributed by atoms with Crippen LogP contribution in [0.3, 0.4) is 0 Å². The van der Waals surface area contributed by atoms with Crippen LogP contribution in [0, 0.1) is 0 Å². The van der Waals surface area contributed by atoms with Gasteiger partial charge in [0.25, 0.3) is 0 Å². The molecule has 1 N–H and O–H groups in total. The molecule has 126 valence electrons. The highest BCUT2D eigenvalue weighted by molar-refractivity contribution is 5.82. The molecule has 2 aromatic rings. The average molecular weight is 322 g/mol. The van der Waals surface area contributed by atoms with Gasteiger partial charge in [-0.05, 0) is 36.9 Å². The van der Waals surface area contributed by atoms with Gasteiger partial charge in [-0.3, -0.25) is 4.79 Å². The second-order valence-electron chi connectivity index (χ2n) is 6.48. The first kappa shape index (κ1) is 16.7. The van der Waals surface area contributed by atoms with Crippen LogP contribution in [0.5, 0.6) is 0 Å². The number of hydrogen-bond donors (Lipinski definition) is 1. The molecule has 24 heavy (non-hydrogen) atoms. The molecule has 1 aliphatic rings. The van der Waals surface area contributed by atoms with E-state index in [1.165, 1.54) is 17.5 Å². The highest BCUT2D eigenvalue weighted by atomic mass is 16.2. The van der Waals surface area contributed by atoms with Crippen molar-refractivity contribution in [3.8, 4) is 0 Å². The summed E-state index contributed by atoms with van der Waals surface area (Å²) in [6.45, 7) is 2.40. The van der Waals surface area contributed by atoms with Gasteiger partial charge >= 0.3 is 0 Å². The van der Waals surface area contributed by atoms with Crippen LogP contribution in [0.4, 0.5) is 0 Å². The van der Waals surface area contributed by atoms with E-state index in [-0.39, 0.29) is 11.9 Å². The lowest BCUT2D eigenvalue weighted by Gasteiger charge is -2.30. The average Bonchev–Trinajstić information content (AvgIpc) is 2.67. The van der Waals surface area contributed by atoms with E-state index < -0.39 is 0 Å². The summed E-state index contributed by atoms with van der Waals surface area (Å²) in [6.07, 6.45) is 4.16. The van der Waals surface area contributed by atoms with Crippen molar-refractivity contribution < 1.29 is 4.79 Å². The van der Waals surface area contributed by atoms with Crippen molar-refractivity contribution in [3.05, 3.63) is 71.8 Å². The number of benzene rings is 2. The number of amides is 1. The maximum Gasteiger partial charge on any atom is 0.240 e. The number of hydrogen-bond acceptors (Lipinski definition) is 2. The lowest BCUT2D eigenvalue weighted by Crippen LogP contribution is -2.48. The van der Waals surface area contributed by atoms with Gasteiger partial charge in [-0.1, -0.05) is 67.1 Å². The number of nitrogens with zero attached hydrogens (tertiary/aromatic N) is 1. The van der Waals surface area contributed by atoms with Crippen LogP contribution in [-0.2, 0) is 17.8 Å². The van der Waals surface area contributed by atoms with Gasteiger partial charge in [0, 0.05) is 13.1 Å². The third-order valence-corrected chi connectivity index (χ3v) is 4.65. The van der Waals surface area contributed by atoms with Crippen LogP contribution in [-0.4, -0.2) is 29.9 Å². The first-order valence-electron chi connectivity index (χ1n) is 8.93. The molecule has 1 saturated heterocycles. The summed E-state index contributed by atoms with van der Waals surface area (Å²) in [5, 5.41) is 3.39. The minimum atomic E-state index is -0.0155. The van der Waals surface area contributed by atoms with Gasteiger partial charge in [0.15, 0.2) is 0 Å². The van der Waals surface area contributed by atoms with Gasteiger partial charge < -0.3 is 10.2 Å². The first-order chi connectivity index (χ1) is 11.8. The van der Waals surface area contributed by atoms with Gasteiger partial charge in [-0.15, -0.1) is 0 Å². The van der Waals surface area contributed by atoms with E-state index in [1.54, 1.807) is 0 Å². The topological polar surface area (TPSA) is 32.3 Å². The molecule has 3 heteroatoms. The second kappa shape index (κ2) is 8.65. The summed E-state index contributed by atoms with van der Waals surface area (Å²) in [5.74, 6) is 0.245. The van der Waals surface area contributed by atoms with Crippen molar-refractivity contribution in [1.29, 1.82) is 0 Å². The van der Waals surface area contributed by atoms with Crippen LogP contribution in [0.2, 0.25) is 0 Å². The van der Waals surface area contributed by atoms with Crippen LogP contribution in [0.25, 0.3) is 0 Å². The predicted molar refractivity (Wildman–Crippen MR) is 97.6 cm³/mol. The fraction of sp³-hybridized carbons (Fsp3) is 0.381. The van der Waals surface area contributed by atoms with E-state index in [0.29, 0.717) is 6.54 Å². The Morgan fingerprint density at radius 1 is 0.958 bits per heavy atom. The van der Waals surface area contributed by atoms with Gasteiger partial charge in [-0.2, -0.15) is 0 Å². The SMILES string of the molecule is O=C(C1CCCCN1)N(CCc1ccccc1)Cc1ccccc1. The summed E-state index contributed by atoms with van der Waals surface area (Å²) >= 11 is 0. The maximum atomic E-state index is 13.0. The molecule has 3 rings (SSSR count). The zero-order valence-electron chi connectivity index (χ0n) is 14.2. The molecule has 3 nitrogen and oxygen atoms in total. The lowest BCUT2D eigenvalue weighted by atomic mass is 10.0. The molecule has 1 aliphatic heterocycles. The molecule has 0 aliphatic carbocycles. The monoisotopic (exact) mass is 322 g/mol. The molecule has 1 unspecified atom stereocenters. The fourth-order valence-corrected chi connectivity index (χ4v) is 3.26. The Labute approximate surface area is 144 Å². The van der Waals surface area contributed by atoms with E-state index >= 15 is 0 Å². The largest absolute Gasteiger partial charge is 0.337 e. The normalized spacial score (nSPS) is 17.4. The van der Waals surface area contributed by atoms with Crippen molar-refractivity contribution in [2.45, 2.75) is 38.3 Å². The van der Waals surface area contributed by atoms with Crippen molar-refractivity contribution >= 4 is 5.91 Å². The van der Waals surface area contributed by atoms with Gasteiger partial charge in [0.1, 0.15) is 0 Å². The van der Waals surface area contributed by atoms with Crippen LogP contribution >= 0.6 is 0 Å². The highest BCUT2D eigenvalue weighted by Gasteiger charge is 2.25. The molecule has 1 amide bonds. The summed E-state index contributed by atoms with van der Waals surface area (Å²) in [5.41, 5.74) is 2.47. The number of carbonyl (C=O) groups is 1. The molecule has 0 bridgehead atoms. The number of piperidine rings is 1. The molecule has 0 aromatic heterocycles. The number of nitrogens with one attached hydrogen (secondary N) is 1. The number of carbonyl (C=O) groups excluding carboxylic acids is 1. The van der Waals surface area contributed by atoms with Crippen molar-refractivity contribution in [1.82, 2.24) is 10.2 Å².